The minimum atomic E-state index is -4.61. The number of anilines is 1. The number of nitrogens with zero attached hydrogens (tertiary/aromatic N) is 1. The summed E-state index contributed by atoms with van der Waals surface area (Å²) in [5.74, 6) is -0.721. The maximum atomic E-state index is 13.3. The van der Waals surface area contributed by atoms with E-state index in [1.165, 1.54) is 18.2 Å². The van der Waals surface area contributed by atoms with Crippen LogP contribution in [-0.2, 0) is 12.6 Å². The topological polar surface area (TPSA) is 83.7 Å². The van der Waals surface area contributed by atoms with Crippen LogP contribution in [-0.4, -0.2) is 17.5 Å². The molecule has 0 fully saturated rings. The van der Waals surface area contributed by atoms with E-state index in [1.807, 2.05) is 13.0 Å². The zero-order chi connectivity index (χ0) is 24.5. The van der Waals surface area contributed by atoms with Gasteiger partial charge in [0.25, 0.3) is 11.8 Å². The number of amides is 2. The molecule has 1 aromatic heterocycles. The number of furan rings is 1. The lowest BCUT2D eigenvalue weighted by molar-refractivity contribution is -0.136. The van der Waals surface area contributed by atoms with Gasteiger partial charge >= 0.3 is 6.18 Å². The third-order valence-electron chi connectivity index (χ3n) is 5.59. The van der Waals surface area contributed by atoms with Gasteiger partial charge in [-0.25, -0.2) is 5.43 Å². The van der Waals surface area contributed by atoms with Crippen LogP contribution in [0.15, 0.2) is 58.0 Å². The fourth-order valence-corrected chi connectivity index (χ4v) is 3.98. The van der Waals surface area contributed by atoms with Gasteiger partial charge in [0.2, 0.25) is 0 Å². The SMILES string of the molecule is Cc1cccc(C(=O)N/N=C2\CCCc3oc(C(=O)Nc4ccccc4C(F)(F)F)c(C)c32)c1. The Morgan fingerprint density at radius 2 is 1.76 bits per heavy atom. The number of nitrogens with one attached hydrogen (secondary N) is 2. The quantitative estimate of drug-likeness (QED) is 0.485. The highest BCUT2D eigenvalue weighted by Crippen LogP contribution is 2.35. The number of carbonyl (C=O) groups excluding carboxylic acids is 2. The number of hydrazone groups is 1. The number of rotatable bonds is 4. The zero-order valence-electron chi connectivity index (χ0n) is 18.5. The summed E-state index contributed by atoms with van der Waals surface area (Å²) in [4.78, 5) is 25.3. The summed E-state index contributed by atoms with van der Waals surface area (Å²) in [5, 5.41) is 6.58. The molecule has 6 nitrogen and oxygen atoms in total. The lowest BCUT2D eigenvalue weighted by Gasteiger charge is -2.13. The van der Waals surface area contributed by atoms with Gasteiger partial charge in [-0.1, -0.05) is 29.8 Å². The smallest absolute Gasteiger partial charge is 0.418 e. The van der Waals surface area contributed by atoms with Crippen molar-refractivity contribution in [2.75, 3.05) is 5.32 Å². The average molecular weight is 469 g/mol. The number of hydrogen-bond donors (Lipinski definition) is 2. The third-order valence-corrected chi connectivity index (χ3v) is 5.59. The molecular formula is C25H22F3N3O3. The largest absolute Gasteiger partial charge is 0.455 e. The predicted octanol–water partition coefficient (Wildman–Crippen LogP) is 5.64. The van der Waals surface area contributed by atoms with Crippen molar-refractivity contribution in [2.45, 2.75) is 39.3 Å². The second-order valence-electron chi connectivity index (χ2n) is 8.07. The highest BCUT2D eigenvalue weighted by atomic mass is 19.4. The molecule has 0 bridgehead atoms. The van der Waals surface area contributed by atoms with Crippen LogP contribution in [0.25, 0.3) is 0 Å². The van der Waals surface area contributed by atoms with Crippen LogP contribution in [0.3, 0.4) is 0 Å². The summed E-state index contributed by atoms with van der Waals surface area (Å²) >= 11 is 0. The minimum absolute atomic E-state index is 0.0819. The number of fused-ring (bicyclic) bond motifs is 1. The Balaban J connectivity index is 1.59. The van der Waals surface area contributed by atoms with Gasteiger partial charge in [-0.05, 0) is 51.0 Å². The lowest BCUT2D eigenvalue weighted by atomic mass is 9.93. The fraction of sp³-hybridized carbons (Fsp3) is 0.240. The van der Waals surface area contributed by atoms with Crippen LogP contribution in [0.5, 0.6) is 0 Å². The fourth-order valence-electron chi connectivity index (χ4n) is 3.98. The van der Waals surface area contributed by atoms with Crippen molar-refractivity contribution < 1.29 is 27.2 Å². The molecule has 1 aliphatic carbocycles. The number of hydrogen-bond acceptors (Lipinski definition) is 4. The average Bonchev–Trinajstić information content (AvgIpc) is 3.14. The zero-order valence-corrected chi connectivity index (χ0v) is 18.5. The highest BCUT2D eigenvalue weighted by molar-refractivity contribution is 6.09. The van der Waals surface area contributed by atoms with Crippen LogP contribution in [0.2, 0.25) is 0 Å². The Kier molecular flexibility index (Phi) is 6.28. The van der Waals surface area contributed by atoms with Gasteiger partial charge in [-0.3, -0.25) is 9.59 Å². The molecule has 0 spiro atoms. The Morgan fingerprint density at radius 1 is 1.00 bits per heavy atom. The third kappa shape index (κ3) is 4.73. The van der Waals surface area contributed by atoms with Crippen molar-refractivity contribution in [1.29, 1.82) is 0 Å². The summed E-state index contributed by atoms with van der Waals surface area (Å²) in [7, 11) is 0. The van der Waals surface area contributed by atoms with E-state index < -0.39 is 17.6 Å². The van der Waals surface area contributed by atoms with Crippen molar-refractivity contribution >= 4 is 23.2 Å². The van der Waals surface area contributed by atoms with E-state index in [0.29, 0.717) is 47.4 Å². The van der Waals surface area contributed by atoms with E-state index >= 15 is 0 Å². The number of aryl methyl sites for hydroxylation is 2. The number of para-hydroxylation sites is 1. The molecule has 34 heavy (non-hydrogen) atoms. The standard InChI is InChI=1S/C25H22F3N3O3/c1-14-7-5-8-16(13-14)23(32)31-30-19-11-6-12-20-21(19)15(2)22(34-20)24(33)29-18-10-4-3-9-17(18)25(26,27)28/h3-5,7-10,13H,6,11-12H2,1-2H3,(H,29,33)(H,31,32)/b30-19+. The molecule has 9 heteroatoms. The molecule has 1 heterocycles. The predicted molar refractivity (Wildman–Crippen MR) is 121 cm³/mol. The summed E-state index contributed by atoms with van der Waals surface area (Å²) in [6, 6.07) is 11.8. The maximum absolute atomic E-state index is 13.3. The van der Waals surface area contributed by atoms with Gasteiger partial charge in [0.15, 0.2) is 5.76 Å². The van der Waals surface area contributed by atoms with Crippen molar-refractivity contribution in [3.8, 4) is 0 Å². The van der Waals surface area contributed by atoms with Crippen molar-refractivity contribution in [1.82, 2.24) is 5.43 Å². The summed E-state index contributed by atoms with van der Waals surface area (Å²) < 4.78 is 45.6. The lowest BCUT2D eigenvalue weighted by Crippen LogP contribution is -2.22. The Morgan fingerprint density at radius 3 is 2.50 bits per heavy atom. The number of alkyl halides is 3. The molecule has 0 radical (unpaired) electrons. The van der Waals surface area contributed by atoms with Gasteiger partial charge in [-0.2, -0.15) is 18.3 Å². The normalized spacial score (nSPS) is 14.6. The highest BCUT2D eigenvalue weighted by Gasteiger charge is 2.34. The van der Waals surface area contributed by atoms with E-state index in [-0.39, 0.29) is 17.4 Å². The molecule has 2 amide bonds. The number of carbonyl (C=O) groups is 2. The van der Waals surface area contributed by atoms with Gasteiger partial charge in [0, 0.05) is 23.1 Å². The Labute approximate surface area is 193 Å². The summed E-state index contributed by atoms with van der Waals surface area (Å²) in [6.07, 6.45) is -2.82. The molecule has 1 aliphatic rings. The first-order valence-electron chi connectivity index (χ1n) is 10.7. The van der Waals surface area contributed by atoms with Gasteiger partial charge in [0.05, 0.1) is 17.0 Å². The van der Waals surface area contributed by atoms with E-state index in [1.54, 1.807) is 25.1 Å². The molecule has 3 aromatic rings. The first-order chi connectivity index (χ1) is 16.1. The van der Waals surface area contributed by atoms with Crippen LogP contribution < -0.4 is 10.7 Å². The molecule has 2 aromatic carbocycles. The molecule has 176 valence electrons. The molecule has 2 N–H and O–H groups in total. The van der Waals surface area contributed by atoms with Crippen LogP contribution in [0, 0.1) is 13.8 Å². The van der Waals surface area contributed by atoms with Crippen LogP contribution in [0.4, 0.5) is 18.9 Å². The monoisotopic (exact) mass is 469 g/mol. The van der Waals surface area contributed by atoms with Gasteiger partial charge in [-0.15, -0.1) is 0 Å². The van der Waals surface area contributed by atoms with E-state index in [0.717, 1.165) is 11.6 Å². The van der Waals surface area contributed by atoms with E-state index in [2.05, 4.69) is 15.8 Å². The first kappa shape index (κ1) is 23.3. The molecule has 0 unspecified atom stereocenters. The molecule has 0 atom stereocenters. The van der Waals surface area contributed by atoms with Crippen molar-refractivity contribution in [2.24, 2.45) is 5.10 Å². The second kappa shape index (κ2) is 9.17. The number of benzene rings is 2. The second-order valence-corrected chi connectivity index (χ2v) is 8.07. The van der Waals surface area contributed by atoms with Crippen LogP contribution >= 0.6 is 0 Å². The summed E-state index contributed by atoms with van der Waals surface area (Å²) in [6.45, 7) is 3.53. The number of halogens is 3. The Bertz CT molecular complexity index is 1290. The van der Waals surface area contributed by atoms with Crippen molar-refractivity contribution in [3.05, 3.63) is 87.9 Å². The van der Waals surface area contributed by atoms with Gasteiger partial charge in [0.1, 0.15) is 5.76 Å². The first-order valence-corrected chi connectivity index (χ1v) is 10.7. The molecular weight excluding hydrogens is 447 g/mol. The maximum Gasteiger partial charge on any atom is 0.418 e. The Hall–Kier alpha value is -3.88. The van der Waals surface area contributed by atoms with Crippen LogP contribution in [0.1, 0.15) is 61.8 Å². The molecule has 0 aliphatic heterocycles. The summed E-state index contributed by atoms with van der Waals surface area (Å²) in [5.41, 5.74) is 4.27. The van der Waals surface area contributed by atoms with Gasteiger partial charge < -0.3 is 9.73 Å². The minimum Gasteiger partial charge on any atom is -0.455 e. The van der Waals surface area contributed by atoms with Crippen molar-refractivity contribution in [3.63, 3.8) is 0 Å². The molecule has 4 rings (SSSR count). The molecule has 0 saturated carbocycles. The van der Waals surface area contributed by atoms with E-state index in [4.69, 9.17) is 4.42 Å². The molecule has 0 saturated heterocycles. The van der Waals surface area contributed by atoms with E-state index in [9.17, 15) is 22.8 Å².